The molecule has 0 fully saturated rings. The van der Waals surface area contributed by atoms with Crippen molar-refractivity contribution in [3.63, 3.8) is 0 Å². The first-order valence-electron chi connectivity index (χ1n) is 22.5. The van der Waals surface area contributed by atoms with Crippen LogP contribution in [0.5, 0.6) is 0 Å². The molecule has 0 heteroatoms. The van der Waals surface area contributed by atoms with E-state index in [1.165, 1.54) is 143 Å². The van der Waals surface area contributed by atoms with Gasteiger partial charge in [0, 0.05) is 0 Å². The van der Waals surface area contributed by atoms with Crippen LogP contribution in [0.25, 0.3) is 121 Å². The van der Waals surface area contributed by atoms with Gasteiger partial charge in [-0.05, 0) is 173 Å². The van der Waals surface area contributed by atoms with Gasteiger partial charge in [-0.25, -0.2) is 0 Å². The first-order valence-corrected chi connectivity index (χ1v) is 22.5. The molecule has 64 heavy (non-hydrogen) atoms. The second-order valence-electron chi connectivity index (χ2n) is 18.0. The van der Waals surface area contributed by atoms with Gasteiger partial charge in [-0.2, -0.15) is 0 Å². The van der Waals surface area contributed by atoms with Crippen LogP contribution in [0.2, 0.25) is 0 Å². The highest BCUT2D eigenvalue weighted by atomic mass is 14.2. The minimum absolute atomic E-state index is 1.21. The zero-order valence-electron chi connectivity index (χ0n) is 36.6. The van der Waals surface area contributed by atoms with E-state index in [4.69, 9.17) is 0 Å². The van der Waals surface area contributed by atoms with Gasteiger partial charge in [0.15, 0.2) is 0 Å². The zero-order chi connectivity index (χ0) is 43.1. The molecule has 0 aliphatic heterocycles. The van der Waals surface area contributed by atoms with Crippen LogP contribution in [0.3, 0.4) is 0 Å². The SMILES string of the molecule is Cc1cc(C)cc(-c2cc(-c3ccc(-c4ccc5ccccc5c4)cc3)c3ccc4c(-c5cc(C)cc(C)c5)cc(-c5ccc(-c6ccc7ccccc7c6)cc5)c5ccc2c3c54)c1. The van der Waals surface area contributed by atoms with Crippen molar-refractivity contribution in [2.45, 2.75) is 27.7 Å². The van der Waals surface area contributed by atoms with Crippen molar-refractivity contribution in [3.8, 4) is 66.8 Å². The summed E-state index contributed by atoms with van der Waals surface area (Å²) in [5, 5.41) is 12.8. The average Bonchev–Trinajstić information content (AvgIpc) is 3.32. The second-order valence-corrected chi connectivity index (χ2v) is 18.0. The highest BCUT2D eigenvalue weighted by molar-refractivity contribution is 6.32. The molecule has 0 aliphatic rings. The molecule has 0 unspecified atom stereocenters. The van der Waals surface area contributed by atoms with Crippen molar-refractivity contribution in [3.05, 3.63) is 229 Å². The number of hydrogen-bond donors (Lipinski definition) is 0. The van der Waals surface area contributed by atoms with Gasteiger partial charge in [-0.1, -0.05) is 204 Å². The van der Waals surface area contributed by atoms with E-state index in [0.29, 0.717) is 0 Å². The van der Waals surface area contributed by atoms with Crippen LogP contribution in [-0.2, 0) is 0 Å². The minimum atomic E-state index is 1.21. The molecule has 302 valence electrons. The molecule has 0 radical (unpaired) electrons. The third kappa shape index (κ3) is 6.45. The summed E-state index contributed by atoms with van der Waals surface area (Å²) in [5.74, 6) is 0. The molecule has 0 amide bonds. The largest absolute Gasteiger partial charge is 0.0616 e. The maximum Gasteiger partial charge on any atom is -0.00139 e. The quantitative estimate of drug-likeness (QED) is 0.147. The third-order valence-electron chi connectivity index (χ3n) is 13.5. The fourth-order valence-corrected chi connectivity index (χ4v) is 10.6. The highest BCUT2D eigenvalue weighted by Crippen LogP contribution is 2.49. The molecule has 0 spiro atoms. The van der Waals surface area contributed by atoms with Gasteiger partial charge in [-0.15, -0.1) is 0 Å². The van der Waals surface area contributed by atoms with E-state index in [-0.39, 0.29) is 0 Å². The molecule has 0 nitrogen and oxygen atoms in total. The first-order chi connectivity index (χ1) is 31.3. The zero-order valence-corrected chi connectivity index (χ0v) is 36.6. The lowest BCUT2D eigenvalue weighted by Gasteiger charge is -2.22. The summed E-state index contributed by atoms with van der Waals surface area (Å²) in [6.45, 7) is 8.86. The fraction of sp³-hybridized carbons (Fsp3) is 0.0625. The molecule has 0 saturated carbocycles. The Bertz CT molecular complexity index is 3500. The number of aryl methyl sites for hydroxylation is 4. The summed E-state index contributed by atoms with van der Waals surface area (Å²) in [6, 6.07) is 77.7. The molecule has 0 bridgehead atoms. The van der Waals surface area contributed by atoms with Crippen LogP contribution in [-0.4, -0.2) is 0 Å². The van der Waals surface area contributed by atoms with Crippen LogP contribution in [0.1, 0.15) is 22.3 Å². The summed E-state index contributed by atoms with van der Waals surface area (Å²) in [6.07, 6.45) is 0. The maximum absolute atomic E-state index is 2.46. The number of rotatable bonds is 6. The van der Waals surface area contributed by atoms with E-state index >= 15 is 0 Å². The predicted octanol–water partition coefficient (Wildman–Crippen LogP) is 18.1. The van der Waals surface area contributed by atoms with Gasteiger partial charge in [0.2, 0.25) is 0 Å². The lowest BCUT2D eigenvalue weighted by atomic mass is 9.81. The first kappa shape index (κ1) is 37.9. The molecular weight excluding hydrogens is 769 g/mol. The summed E-state index contributed by atoms with van der Waals surface area (Å²) in [5.41, 5.74) is 19.9. The molecule has 12 rings (SSSR count). The van der Waals surface area contributed by atoms with Gasteiger partial charge in [0.05, 0.1) is 0 Å². The Morgan fingerprint density at radius 2 is 0.500 bits per heavy atom. The van der Waals surface area contributed by atoms with E-state index in [0.717, 1.165) is 0 Å². The van der Waals surface area contributed by atoms with E-state index < -0.39 is 0 Å². The van der Waals surface area contributed by atoms with Crippen LogP contribution in [0.15, 0.2) is 206 Å². The number of fused-ring (bicyclic) bond motifs is 2. The van der Waals surface area contributed by atoms with Crippen LogP contribution in [0, 0.1) is 27.7 Å². The minimum Gasteiger partial charge on any atom is -0.0616 e. The van der Waals surface area contributed by atoms with Crippen LogP contribution in [0.4, 0.5) is 0 Å². The molecular formula is C64H46. The fourth-order valence-electron chi connectivity index (χ4n) is 10.6. The Hall–Kier alpha value is -7.80. The van der Waals surface area contributed by atoms with Gasteiger partial charge in [0.25, 0.3) is 0 Å². The normalized spacial score (nSPS) is 11.8. The molecule has 0 aromatic heterocycles. The Morgan fingerprint density at radius 3 is 0.859 bits per heavy atom. The van der Waals surface area contributed by atoms with Gasteiger partial charge in [-0.3, -0.25) is 0 Å². The molecule has 0 saturated heterocycles. The molecule has 0 aliphatic carbocycles. The lowest BCUT2D eigenvalue weighted by molar-refractivity contribution is 1.39. The molecule has 12 aromatic carbocycles. The van der Waals surface area contributed by atoms with Gasteiger partial charge >= 0.3 is 0 Å². The summed E-state index contributed by atoms with van der Waals surface area (Å²) < 4.78 is 0. The van der Waals surface area contributed by atoms with Gasteiger partial charge < -0.3 is 0 Å². The van der Waals surface area contributed by atoms with Crippen molar-refractivity contribution in [1.29, 1.82) is 0 Å². The second kappa shape index (κ2) is 14.9. The third-order valence-corrected chi connectivity index (χ3v) is 13.5. The highest BCUT2D eigenvalue weighted by Gasteiger charge is 2.22. The Balaban J connectivity index is 1.11. The summed E-state index contributed by atoms with van der Waals surface area (Å²) in [7, 11) is 0. The van der Waals surface area contributed by atoms with Crippen molar-refractivity contribution in [2.24, 2.45) is 0 Å². The van der Waals surface area contributed by atoms with Crippen molar-refractivity contribution >= 4 is 53.9 Å². The number of benzene rings is 12. The monoisotopic (exact) mass is 814 g/mol. The molecule has 0 atom stereocenters. The predicted molar refractivity (Wildman–Crippen MR) is 277 cm³/mol. The van der Waals surface area contributed by atoms with E-state index in [1.807, 2.05) is 0 Å². The lowest BCUT2D eigenvalue weighted by Crippen LogP contribution is -1.95. The summed E-state index contributed by atoms with van der Waals surface area (Å²) in [4.78, 5) is 0. The Morgan fingerprint density at radius 1 is 0.203 bits per heavy atom. The van der Waals surface area contributed by atoms with E-state index in [2.05, 4.69) is 234 Å². The Kier molecular flexibility index (Phi) is 8.85. The van der Waals surface area contributed by atoms with E-state index in [1.54, 1.807) is 0 Å². The average molecular weight is 815 g/mol. The molecule has 12 aromatic rings. The number of hydrogen-bond acceptors (Lipinski definition) is 0. The van der Waals surface area contributed by atoms with Crippen molar-refractivity contribution < 1.29 is 0 Å². The Labute approximate surface area is 375 Å². The summed E-state index contributed by atoms with van der Waals surface area (Å²) >= 11 is 0. The topological polar surface area (TPSA) is 0 Å². The molecule has 0 N–H and O–H groups in total. The van der Waals surface area contributed by atoms with Gasteiger partial charge in [0.1, 0.15) is 0 Å². The smallest absolute Gasteiger partial charge is 0.00139 e. The molecule has 0 heterocycles. The van der Waals surface area contributed by atoms with E-state index in [9.17, 15) is 0 Å². The van der Waals surface area contributed by atoms with Crippen molar-refractivity contribution in [1.82, 2.24) is 0 Å². The standard InChI is InChI=1S/C64H46/c1-39-29-40(2)32-53(31-39)61-37-59(47-19-13-45(14-20-47)51-23-17-43-9-5-7-11-49(43)35-51)55-26-28-58-62(54-33-41(3)30-42(4)34-54)38-60(56-25-27-57(61)63(55)64(56)58)48-21-15-46(16-22-48)52-24-18-44-10-6-8-12-50(44)36-52/h5-38H,1-4H3. The maximum atomic E-state index is 2.46. The van der Waals surface area contributed by atoms with Crippen molar-refractivity contribution in [2.75, 3.05) is 0 Å². The van der Waals surface area contributed by atoms with Crippen LogP contribution < -0.4 is 0 Å². The van der Waals surface area contributed by atoms with Crippen LogP contribution >= 0.6 is 0 Å².